The van der Waals surface area contributed by atoms with E-state index in [1.54, 1.807) is 0 Å². The molecule has 0 aliphatic heterocycles. The van der Waals surface area contributed by atoms with Crippen LogP contribution in [-0.2, 0) is 22.4 Å². The van der Waals surface area contributed by atoms with Crippen molar-refractivity contribution in [1.29, 1.82) is 0 Å². The van der Waals surface area contributed by atoms with E-state index in [1.807, 2.05) is 60.0 Å². The van der Waals surface area contributed by atoms with Crippen molar-refractivity contribution in [3.8, 4) is 11.3 Å². The Hall–Kier alpha value is -3.58. The van der Waals surface area contributed by atoms with Gasteiger partial charge in [0.1, 0.15) is 0 Å². The number of rotatable bonds is 5. The number of hydrogen-bond acceptors (Lipinski definition) is 6. The number of nitrogens with zero attached hydrogens (tertiary/aromatic N) is 2. The second kappa shape index (κ2) is 9.11. The summed E-state index contributed by atoms with van der Waals surface area (Å²) in [6, 6.07) is 17.3. The van der Waals surface area contributed by atoms with Gasteiger partial charge in [0.2, 0.25) is 0 Å². The van der Waals surface area contributed by atoms with Crippen LogP contribution in [0.4, 0.5) is 5.13 Å². The maximum Gasteiger partial charge on any atom is 0.339 e. The second-order valence-corrected chi connectivity index (χ2v) is 9.16. The molecule has 4 aromatic rings. The zero-order chi connectivity index (χ0) is 22.8. The molecule has 2 aromatic heterocycles. The largest absolute Gasteiger partial charge is 0.452 e. The van der Waals surface area contributed by atoms with Crippen LogP contribution in [0.2, 0.25) is 0 Å². The number of thiazole rings is 1. The fourth-order valence-electron chi connectivity index (χ4n) is 4.23. The number of fused-ring (bicyclic) bond motifs is 2. The molecule has 33 heavy (non-hydrogen) atoms. The average Bonchev–Trinajstić information content (AvgIpc) is 3.30. The standard InChI is InChI=1S/C26H23N3O3S/c1-16-11-12-21-19(13-16)24(18-9-5-6-10-20(18)27-21)25(31)32-14-23(30)29-26-28-22(15-33-26)17-7-3-2-4-8-17/h2-10,15-16H,11-14H2,1H3,(H,28,29,30). The summed E-state index contributed by atoms with van der Waals surface area (Å²) in [6.07, 6.45) is 2.68. The van der Waals surface area contributed by atoms with Crippen LogP contribution in [0.5, 0.6) is 0 Å². The van der Waals surface area contributed by atoms with Crippen LogP contribution in [0.25, 0.3) is 22.2 Å². The third-order valence-corrected chi connectivity index (χ3v) is 6.62. The smallest absolute Gasteiger partial charge is 0.339 e. The minimum Gasteiger partial charge on any atom is -0.452 e. The van der Waals surface area contributed by atoms with E-state index >= 15 is 0 Å². The number of ether oxygens (including phenoxy) is 1. The Morgan fingerprint density at radius 2 is 1.88 bits per heavy atom. The predicted molar refractivity (Wildman–Crippen MR) is 129 cm³/mol. The lowest BCUT2D eigenvalue weighted by Gasteiger charge is -2.24. The molecule has 1 N–H and O–H groups in total. The third-order valence-electron chi connectivity index (χ3n) is 5.86. The van der Waals surface area contributed by atoms with E-state index in [2.05, 4.69) is 17.2 Å². The first-order valence-electron chi connectivity index (χ1n) is 11.0. The van der Waals surface area contributed by atoms with Crippen molar-refractivity contribution in [1.82, 2.24) is 9.97 Å². The summed E-state index contributed by atoms with van der Waals surface area (Å²) < 4.78 is 5.46. The first-order chi connectivity index (χ1) is 16.1. The average molecular weight is 458 g/mol. The Morgan fingerprint density at radius 3 is 2.73 bits per heavy atom. The molecular formula is C26H23N3O3S. The highest BCUT2D eigenvalue weighted by molar-refractivity contribution is 7.14. The van der Waals surface area contributed by atoms with E-state index < -0.39 is 11.9 Å². The van der Waals surface area contributed by atoms with Gasteiger partial charge < -0.3 is 4.74 Å². The molecule has 1 amide bonds. The highest BCUT2D eigenvalue weighted by Gasteiger charge is 2.26. The lowest BCUT2D eigenvalue weighted by Crippen LogP contribution is -2.23. The molecule has 0 bridgehead atoms. The van der Waals surface area contributed by atoms with Crippen molar-refractivity contribution in [2.75, 3.05) is 11.9 Å². The van der Waals surface area contributed by atoms with Crippen molar-refractivity contribution in [2.24, 2.45) is 5.92 Å². The first-order valence-corrected chi connectivity index (χ1v) is 11.8. The number of carbonyl (C=O) groups excluding carboxylic acids is 2. The topological polar surface area (TPSA) is 81.2 Å². The quantitative estimate of drug-likeness (QED) is 0.413. The van der Waals surface area contributed by atoms with Gasteiger partial charge in [0, 0.05) is 22.0 Å². The number of amides is 1. The molecule has 0 saturated heterocycles. The minimum atomic E-state index is -0.488. The molecule has 0 radical (unpaired) electrons. The fraction of sp³-hybridized carbons (Fsp3) is 0.231. The molecule has 1 aliphatic rings. The molecule has 1 atom stereocenters. The van der Waals surface area contributed by atoms with Gasteiger partial charge >= 0.3 is 5.97 Å². The van der Waals surface area contributed by atoms with Gasteiger partial charge in [0.25, 0.3) is 5.91 Å². The van der Waals surface area contributed by atoms with Crippen molar-refractivity contribution in [3.05, 3.63) is 76.8 Å². The lowest BCUT2D eigenvalue weighted by molar-refractivity contribution is -0.119. The van der Waals surface area contributed by atoms with Gasteiger partial charge in [-0.25, -0.2) is 9.78 Å². The summed E-state index contributed by atoms with van der Waals surface area (Å²) in [7, 11) is 0. The number of para-hydroxylation sites is 1. The minimum absolute atomic E-state index is 0.375. The van der Waals surface area contributed by atoms with E-state index in [0.29, 0.717) is 16.6 Å². The van der Waals surface area contributed by atoms with E-state index in [-0.39, 0.29) is 6.61 Å². The Labute approximate surface area is 195 Å². The monoisotopic (exact) mass is 457 g/mol. The first kappa shape index (κ1) is 21.3. The van der Waals surface area contributed by atoms with E-state index in [9.17, 15) is 9.59 Å². The van der Waals surface area contributed by atoms with Crippen molar-refractivity contribution in [3.63, 3.8) is 0 Å². The van der Waals surface area contributed by atoms with Crippen LogP contribution in [0.1, 0.15) is 35.0 Å². The molecule has 5 rings (SSSR count). The number of esters is 1. The molecular weight excluding hydrogens is 434 g/mol. The molecule has 166 valence electrons. The molecule has 6 nitrogen and oxygen atoms in total. The molecule has 1 aliphatic carbocycles. The zero-order valence-corrected chi connectivity index (χ0v) is 19.0. The zero-order valence-electron chi connectivity index (χ0n) is 18.2. The number of nitrogens with one attached hydrogen (secondary N) is 1. The van der Waals surface area contributed by atoms with Crippen LogP contribution in [0, 0.1) is 5.92 Å². The van der Waals surface area contributed by atoms with Gasteiger partial charge in [-0.1, -0.05) is 55.5 Å². The predicted octanol–water partition coefficient (Wildman–Crippen LogP) is 5.28. The van der Waals surface area contributed by atoms with Gasteiger partial charge in [-0.3, -0.25) is 15.1 Å². The number of pyridine rings is 1. The van der Waals surface area contributed by atoms with Crippen molar-refractivity contribution in [2.45, 2.75) is 26.2 Å². The lowest BCUT2D eigenvalue weighted by atomic mass is 9.84. The second-order valence-electron chi connectivity index (χ2n) is 8.31. The third kappa shape index (κ3) is 4.50. The van der Waals surface area contributed by atoms with Crippen LogP contribution in [0.15, 0.2) is 60.0 Å². The van der Waals surface area contributed by atoms with Gasteiger partial charge in [-0.15, -0.1) is 11.3 Å². The summed E-state index contributed by atoms with van der Waals surface area (Å²) >= 11 is 1.33. The van der Waals surface area contributed by atoms with Gasteiger partial charge in [0.15, 0.2) is 11.7 Å². The maximum atomic E-state index is 13.1. The Kier molecular flexibility index (Phi) is 5.88. The van der Waals surface area contributed by atoms with Gasteiger partial charge in [-0.05, 0) is 36.8 Å². The Balaban J connectivity index is 1.31. The molecule has 2 heterocycles. The molecule has 0 saturated carbocycles. The summed E-state index contributed by atoms with van der Waals surface area (Å²) in [5, 5.41) is 5.84. The SMILES string of the molecule is CC1CCc2nc3ccccc3c(C(=O)OCC(=O)Nc3nc(-c4ccccc4)cs3)c2C1. The van der Waals surface area contributed by atoms with Crippen LogP contribution in [-0.4, -0.2) is 28.5 Å². The molecule has 7 heteroatoms. The van der Waals surface area contributed by atoms with Crippen molar-refractivity contribution >= 4 is 39.2 Å². The van der Waals surface area contributed by atoms with E-state index in [0.717, 1.165) is 52.7 Å². The maximum absolute atomic E-state index is 13.1. The highest BCUT2D eigenvalue weighted by Crippen LogP contribution is 2.32. The summed E-state index contributed by atoms with van der Waals surface area (Å²) in [5.41, 5.74) is 4.99. The summed E-state index contributed by atoms with van der Waals surface area (Å²) in [5.74, 6) is -0.435. The molecule has 0 spiro atoms. The van der Waals surface area contributed by atoms with E-state index in [4.69, 9.17) is 9.72 Å². The van der Waals surface area contributed by atoms with Crippen LogP contribution in [0.3, 0.4) is 0 Å². The molecule has 2 aromatic carbocycles. The number of hydrogen-bond donors (Lipinski definition) is 1. The molecule has 0 fully saturated rings. The number of benzene rings is 2. The number of carbonyl (C=O) groups is 2. The molecule has 1 unspecified atom stereocenters. The number of anilines is 1. The van der Waals surface area contributed by atoms with Crippen LogP contribution < -0.4 is 5.32 Å². The van der Waals surface area contributed by atoms with Gasteiger partial charge in [-0.2, -0.15) is 0 Å². The van der Waals surface area contributed by atoms with Gasteiger partial charge in [0.05, 0.1) is 16.8 Å². The van der Waals surface area contributed by atoms with Crippen LogP contribution >= 0.6 is 11.3 Å². The Morgan fingerprint density at radius 1 is 1.09 bits per heavy atom. The number of aromatic nitrogens is 2. The number of aryl methyl sites for hydroxylation is 1. The summed E-state index contributed by atoms with van der Waals surface area (Å²) in [6.45, 7) is 1.80. The fourth-order valence-corrected chi connectivity index (χ4v) is 4.96. The normalized spacial score (nSPS) is 15.1. The Bertz CT molecular complexity index is 1330. The van der Waals surface area contributed by atoms with E-state index in [1.165, 1.54) is 11.3 Å². The highest BCUT2D eigenvalue weighted by atomic mass is 32.1. The van der Waals surface area contributed by atoms with Crippen molar-refractivity contribution < 1.29 is 14.3 Å². The summed E-state index contributed by atoms with van der Waals surface area (Å²) in [4.78, 5) is 34.8.